The number of nitrogens with zero attached hydrogens (tertiary/aromatic N) is 1. The summed E-state index contributed by atoms with van der Waals surface area (Å²) in [5.74, 6) is 0.318. The van der Waals surface area contributed by atoms with E-state index >= 15 is 0 Å². The van der Waals surface area contributed by atoms with Crippen molar-refractivity contribution in [3.8, 4) is 0 Å². The highest BCUT2D eigenvalue weighted by atomic mass is 16.5. The van der Waals surface area contributed by atoms with Gasteiger partial charge in [-0.05, 0) is 36.3 Å². The average molecular weight is 364 g/mol. The summed E-state index contributed by atoms with van der Waals surface area (Å²) in [6, 6.07) is 20.8. The summed E-state index contributed by atoms with van der Waals surface area (Å²) in [4.78, 5) is 15.5. The van der Waals surface area contributed by atoms with Crippen molar-refractivity contribution in [2.75, 3.05) is 13.1 Å². The van der Waals surface area contributed by atoms with Crippen LogP contribution in [0.1, 0.15) is 49.1 Å². The molecule has 142 valence electrons. The van der Waals surface area contributed by atoms with Crippen LogP contribution in [0.15, 0.2) is 60.7 Å². The third kappa shape index (κ3) is 4.59. The molecule has 0 bridgehead atoms. The highest BCUT2D eigenvalue weighted by molar-refractivity contribution is 5.78. The molecule has 2 fully saturated rings. The zero-order valence-electron chi connectivity index (χ0n) is 15.9. The SMILES string of the molecule is O=C(O[C@@H]1CCN(Cc2ccccc2)C1)[C@@H](c1ccccc1)C1CCCC1. The Balaban J connectivity index is 1.38. The summed E-state index contributed by atoms with van der Waals surface area (Å²) in [6.07, 6.45) is 5.70. The minimum atomic E-state index is -0.100. The van der Waals surface area contributed by atoms with Crippen LogP contribution in [-0.2, 0) is 16.1 Å². The predicted octanol–water partition coefficient (Wildman–Crippen LogP) is 4.78. The molecule has 0 radical (unpaired) electrons. The topological polar surface area (TPSA) is 29.5 Å². The van der Waals surface area contributed by atoms with E-state index in [0.717, 1.165) is 44.5 Å². The van der Waals surface area contributed by atoms with Crippen LogP contribution in [0.2, 0.25) is 0 Å². The van der Waals surface area contributed by atoms with Crippen molar-refractivity contribution in [3.05, 3.63) is 71.8 Å². The molecule has 0 amide bonds. The fourth-order valence-electron chi connectivity index (χ4n) is 4.67. The first-order valence-corrected chi connectivity index (χ1v) is 10.3. The van der Waals surface area contributed by atoms with Gasteiger partial charge in [0, 0.05) is 19.6 Å². The van der Waals surface area contributed by atoms with Crippen LogP contribution in [0.5, 0.6) is 0 Å². The molecular weight excluding hydrogens is 334 g/mol. The molecule has 2 aromatic rings. The third-order valence-corrected chi connectivity index (χ3v) is 6.04. The molecule has 2 atom stereocenters. The second-order valence-electron chi connectivity index (χ2n) is 8.00. The molecule has 3 heteroatoms. The quantitative estimate of drug-likeness (QED) is 0.692. The highest BCUT2D eigenvalue weighted by Gasteiger charge is 2.35. The standard InChI is InChI=1S/C24H29NO2/c26-24(23(21-13-7-8-14-21)20-11-5-2-6-12-20)27-22-15-16-25(18-22)17-19-9-3-1-4-10-19/h1-6,9-12,21-23H,7-8,13-18H2/t22-,23+/m1/s1. The van der Waals surface area contributed by atoms with Gasteiger partial charge in [0.25, 0.3) is 0 Å². The summed E-state index contributed by atoms with van der Waals surface area (Å²) in [5, 5.41) is 0. The summed E-state index contributed by atoms with van der Waals surface area (Å²) in [5.41, 5.74) is 2.44. The van der Waals surface area contributed by atoms with Crippen molar-refractivity contribution in [3.63, 3.8) is 0 Å². The van der Waals surface area contributed by atoms with Gasteiger partial charge in [-0.3, -0.25) is 9.69 Å². The molecule has 2 aliphatic rings. The second kappa shape index (κ2) is 8.71. The number of rotatable bonds is 6. The lowest BCUT2D eigenvalue weighted by Gasteiger charge is -2.24. The normalized spacial score (nSPS) is 22.0. The summed E-state index contributed by atoms with van der Waals surface area (Å²) in [7, 11) is 0. The first kappa shape index (κ1) is 18.2. The Labute approximate surface area is 162 Å². The van der Waals surface area contributed by atoms with Gasteiger partial charge in [-0.2, -0.15) is 0 Å². The fraction of sp³-hybridized carbons (Fsp3) is 0.458. The van der Waals surface area contributed by atoms with Crippen LogP contribution in [0.3, 0.4) is 0 Å². The summed E-state index contributed by atoms with van der Waals surface area (Å²) >= 11 is 0. The van der Waals surface area contributed by atoms with Crippen molar-refractivity contribution >= 4 is 5.97 Å². The van der Waals surface area contributed by atoms with E-state index < -0.39 is 0 Å². The molecular formula is C24H29NO2. The number of hydrogen-bond acceptors (Lipinski definition) is 3. The maximum atomic E-state index is 13.1. The largest absolute Gasteiger partial charge is 0.460 e. The first-order chi connectivity index (χ1) is 13.3. The molecule has 2 aromatic carbocycles. The van der Waals surface area contributed by atoms with E-state index in [1.165, 1.54) is 18.4 Å². The fourth-order valence-corrected chi connectivity index (χ4v) is 4.67. The van der Waals surface area contributed by atoms with Gasteiger partial charge in [-0.15, -0.1) is 0 Å². The molecule has 0 unspecified atom stereocenters. The van der Waals surface area contributed by atoms with Crippen molar-refractivity contribution in [2.45, 2.75) is 50.7 Å². The molecule has 27 heavy (non-hydrogen) atoms. The van der Waals surface area contributed by atoms with Gasteiger partial charge in [0.15, 0.2) is 0 Å². The predicted molar refractivity (Wildman–Crippen MR) is 107 cm³/mol. The molecule has 1 heterocycles. The minimum Gasteiger partial charge on any atom is -0.460 e. The molecule has 0 spiro atoms. The number of likely N-dealkylation sites (tertiary alicyclic amines) is 1. The Morgan fingerprint density at radius 3 is 2.33 bits per heavy atom. The van der Waals surface area contributed by atoms with Crippen molar-refractivity contribution in [1.82, 2.24) is 4.90 Å². The Bertz CT molecular complexity index is 725. The molecule has 1 saturated heterocycles. The molecule has 1 saturated carbocycles. The van der Waals surface area contributed by atoms with Gasteiger partial charge in [-0.1, -0.05) is 73.5 Å². The van der Waals surface area contributed by atoms with Gasteiger partial charge < -0.3 is 4.74 Å². The smallest absolute Gasteiger partial charge is 0.314 e. The number of esters is 1. The van der Waals surface area contributed by atoms with Gasteiger partial charge >= 0.3 is 5.97 Å². The van der Waals surface area contributed by atoms with Crippen molar-refractivity contribution < 1.29 is 9.53 Å². The number of carbonyl (C=O) groups excluding carboxylic acids is 1. The third-order valence-electron chi connectivity index (χ3n) is 6.04. The van der Waals surface area contributed by atoms with Crippen LogP contribution in [0, 0.1) is 5.92 Å². The average Bonchev–Trinajstić information content (AvgIpc) is 3.36. The first-order valence-electron chi connectivity index (χ1n) is 10.3. The molecule has 1 aliphatic heterocycles. The number of ether oxygens (including phenoxy) is 1. The second-order valence-corrected chi connectivity index (χ2v) is 8.00. The lowest BCUT2D eigenvalue weighted by atomic mass is 9.85. The zero-order chi connectivity index (χ0) is 18.5. The molecule has 0 N–H and O–H groups in total. The Hall–Kier alpha value is -2.13. The number of hydrogen-bond donors (Lipinski definition) is 0. The van der Waals surface area contributed by atoms with E-state index in [0.29, 0.717) is 5.92 Å². The van der Waals surface area contributed by atoms with Crippen LogP contribution in [0.4, 0.5) is 0 Å². The van der Waals surface area contributed by atoms with Gasteiger partial charge in [0.05, 0.1) is 5.92 Å². The van der Waals surface area contributed by atoms with Gasteiger partial charge in [0.2, 0.25) is 0 Å². The van der Waals surface area contributed by atoms with Crippen LogP contribution in [0.25, 0.3) is 0 Å². The maximum Gasteiger partial charge on any atom is 0.314 e. The van der Waals surface area contributed by atoms with E-state index in [2.05, 4.69) is 41.3 Å². The van der Waals surface area contributed by atoms with Gasteiger partial charge in [-0.25, -0.2) is 0 Å². The van der Waals surface area contributed by atoms with E-state index in [9.17, 15) is 4.79 Å². The molecule has 1 aliphatic carbocycles. The van der Waals surface area contributed by atoms with Crippen molar-refractivity contribution in [1.29, 1.82) is 0 Å². The van der Waals surface area contributed by atoms with Gasteiger partial charge in [0.1, 0.15) is 6.10 Å². The van der Waals surface area contributed by atoms with E-state index in [1.807, 2.05) is 24.3 Å². The monoisotopic (exact) mass is 363 g/mol. The Morgan fingerprint density at radius 1 is 0.963 bits per heavy atom. The van der Waals surface area contributed by atoms with E-state index in [-0.39, 0.29) is 18.0 Å². The highest BCUT2D eigenvalue weighted by Crippen LogP contribution is 2.38. The Kier molecular flexibility index (Phi) is 5.88. The van der Waals surface area contributed by atoms with Crippen molar-refractivity contribution in [2.24, 2.45) is 5.92 Å². The number of benzene rings is 2. The summed E-state index contributed by atoms with van der Waals surface area (Å²) in [6.45, 7) is 2.76. The molecule has 0 aromatic heterocycles. The maximum absolute atomic E-state index is 13.1. The Morgan fingerprint density at radius 2 is 1.63 bits per heavy atom. The van der Waals surface area contributed by atoms with E-state index in [4.69, 9.17) is 4.74 Å². The molecule has 4 rings (SSSR count). The lowest BCUT2D eigenvalue weighted by Crippen LogP contribution is -2.29. The van der Waals surface area contributed by atoms with E-state index in [1.54, 1.807) is 0 Å². The lowest BCUT2D eigenvalue weighted by molar-refractivity contribution is -0.151. The number of carbonyl (C=O) groups is 1. The summed E-state index contributed by atoms with van der Waals surface area (Å²) < 4.78 is 6.03. The van der Waals surface area contributed by atoms with Crippen LogP contribution in [-0.4, -0.2) is 30.1 Å². The van der Waals surface area contributed by atoms with Crippen LogP contribution < -0.4 is 0 Å². The molecule has 3 nitrogen and oxygen atoms in total. The zero-order valence-corrected chi connectivity index (χ0v) is 15.9. The van der Waals surface area contributed by atoms with Crippen LogP contribution >= 0.6 is 0 Å². The minimum absolute atomic E-state index is 0.0142.